The molecule has 0 spiro atoms. The van der Waals surface area contributed by atoms with E-state index in [1.54, 1.807) is 6.08 Å². The van der Waals surface area contributed by atoms with Gasteiger partial charge in [0.1, 0.15) is 12.3 Å². The van der Waals surface area contributed by atoms with E-state index >= 15 is 0 Å². The number of rotatable bonds is 10. The van der Waals surface area contributed by atoms with E-state index in [4.69, 9.17) is 13.9 Å². The molecule has 0 aromatic heterocycles. The lowest BCUT2D eigenvalue weighted by molar-refractivity contribution is -0.136. The summed E-state index contributed by atoms with van der Waals surface area (Å²) in [4.78, 5) is 24.9. The number of amides is 1. The van der Waals surface area contributed by atoms with Gasteiger partial charge in [-0.2, -0.15) is 0 Å². The number of methoxy groups -OCH3 is 1. The first-order valence-electron chi connectivity index (χ1n) is 13.3. The molecule has 0 saturated heterocycles. The van der Waals surface area contributed by atoms with E-state index in [2.05, 4.69) is 74.6 Å². The van der Waals surface area contributed by atoms with Gasteiger partial charge in [-0.3, -0.25) is 5.32 Å². The van der Waals surface area contributed by atoms with Crippen molar-refractivity contribution in [2.75, 3.05) is 7.11 Å². The first kappa shape index (κ1) is 30.6. The van der Waals surface area contributed by atoms with Gasteiger partial charge in [-0.25, -0.2) is 9.59 Å². The van der Waals surface area contributed by atoms with E-state index in [9.17, 15) is 9.59 Å². The summed E-state index contributed by atoms with van der Waals surface area (Å²) >= 11 is 0. The lowest BCUT2D eigenvalue weighted by Gasteiger charge is -2.44. The topological polar surface area (TPSA) is 73.9 Å². The second-order valence-corrected chi connectivity index (χ2v) is 14.9. The SMILES string of the molecule is COC(=O)/C(=C/C(C)=C/[C@@H](C)O[Si](c1ccccc1)(c1ccccc1)C(C)(C)C)NC(=O)OCc1ccccc1. The number of alkyl carbamates (subject to hydrolysis) is 1. The maximum atomic E-state index is 12.5. The van der Waals surface area contributed by atoms with E-state index in [0.717, 1.165) is 11.1 Å². The van der Waals surface area contributed by atoms with Crippen LogP contribution in [0.4, 0.5) is 4.79 Å². The van der Waals surface area contributed by atoms with Gasteiger partial charge in [0.2, 0.25) is 0 Å². The van der Waals surface area contributed by atoms with Gasteiger partial charge in [0.15, 0.2) is 0 Å². The minimum atomic E-state index is -2.76. The molecule has 210 valence electrons. The fraction of sp³-hybridized carbons (Fsp3) is 0.273. The zero-order valence-corrected chi connectivity index (χ0v) is 25.1. The number of esters is 1. The number of ether oxygens (including phenoxy) is 2. The molecule has 0 aliphatic rings. The molecule has 40 heavy (non-hydrogen) atoms. The molecular weight excluding hydrogens is 518 g/mol. The first-order chi connectivity index (χ1) is 19.1. The van der Waals surface area contributed by atoms with Crippen molar-refractivity contribution in [1.29, 1.82) is 0 Å². The highest BCUT2D eigenvalue weighted by molar-refractivity contribution is 6.99. The Morgan fingerprint density at radius 3 is 1.85 bits per heavy atom. The Hall–Kier alpha value is -3.94. The highest BCUT2D eigenvalue weighted by Crippen LogP contribution is 2.37. The van der Waals surface area contributed by atoms with Gasteiger partial charge < -0.3 is 13.9 Å². The highest BCUT2D eigenvalue weighted by Gasteiger charge is 2.50. The largest absolute Gasteiger partial charge is 0.464 e. The van der Waals surface area contributed by atoms with E-state index < -0.39 is 20.4 Å². The minimum Gasteiger partial charge on any atom is -0.464 e. The fourth-order valence-corrected chi connectivity index (χ4v) is 9.42. The van der Waals surface area contributed by atoms with Crippen molar-refractivity contribution in [2.45, 2.75) is 52.4 Å². The van der Waals surface area contributed by atoms with Crippen molar-refractivity contribution in [3.8, 4) is 0 Å². The Bertz CT molecular complexity index is 1280. The molecule has 1 amide bonds. The molecule has 0 saturated carbocycles. The van der Waals surface area contributed by atoms with E-state index in [0.29, 0.717) is 0 Å². The molecular formula is C33H39NO5Si. The van der Waals surface area contributed by atoms with Crippen molar-refractivity contribution in [3.63, 3.8) is 0 Å². The van der Waals surface area contributed by atoms with Crippen molar-refractivity contribution in [1.82, 2.24) is 5.32 Å². The maximum absolute atomic E-state index is 12.5. The van der Waals surface area contributed by atoms with Gasteiger partial charge in [0, 0.05) is 0 Å². The Morgan fingerprint density at radius 2 is 1.38 bits per heavy atom. The zero-order valence-electron chi connectivity index (χ0n) is 24.1. The first-order valence-corrected chi connectivity index (χ1v) is 15.2. The number of allylic oxidation sites excluding steroid dienone is 2. The number of hydrogen-bond donors (Lipinski definition) is 1. The van der Waals surface area contributed by atoms with Gasteiger partial charge in [0.25, 0.3) is 8.32 Å². The van der Waals surface area contributed by atoms with Crippen molar-refractivity contribution in [3.05, 3.63) is 120 Å². The molecule has 3 aromatic rings. The van der Waals surface area contributed by atoms with Crippen LogP contribution in [0.15, 0.2) is 114 Å². The third kappa shape index (κ3) is 7.80. The van der Waals surface area contributed by atoms with Crippen molar-refractivity contribution < 1.29 is 23.5 Å². The van der Waals surface area contributed by atoms with E-state index in [1.807, 2.05) is 62.4 Å². The molecule has 0 heterocycles. The molecule has 3 aromatic carbocycles. The Morgan fingerprint density at radius 1 is 0.875 bits per heavy atom. The van der Waals surface area contributed by atoms with Crippen LogP contribution in [0.25, 0.3) is 0 Å². The summed E-state index contributed by atoms with van der Waals surface area (Å²) in [6, 6.07) is 30.1. The van der Waals surface area contributed by atoms with Gasteiger partial charge in [-0.1, -0.05) is 123 Å². The molecule has 6 nitrogen and oxygen atoms in total. The van der Waals surface area contributed by atoms with Gasteiger partial charge in [-0.15, -0.1) is 0 Å². The number of benzene rings is 3. The number of nitrogens with one attached hydrogen (secondary N) is 1. The summed E-state index contributed by atoms with van der Waals surface area (Å²) < 4.78 is 17.3. The van der Waals surface area contributed by atoms with Crippen LogP contribution in [0.5, 0.6) is 0 Å². The number of hydrogen-bond acceptors (Lipinski definition) is 5. The summed E-state index contributed by atoms with van der Waals surface area (Å²) in [7, 11) is -1.50. The van der Waals surface area contributed by atoms with Gasteiger partial charge in [-0.05, 0) is 40.9 Å². The van der Waals surface area contributed by atoms with Crippen LogP contribution in [0.1, 0.15) is 40.2 Å². The zero-order chi connectivity index (χ0) is 29.2. The monoisotopic (exact) mass is 557 g/mol. The Labute approximate surface area is 238 Å². The molecule has 0 radical (unpaired) electrons. The lowest BCUT2D eigenvalue weighted by Crippen LogP contribution is -2.67. The molecule has 7 heteroatoms. The van der Waals surface area contributed by atoms with Gasteiger partial charge >= 0.3 is 12.1 Å². The predicted octanol–water partition coefficient (Wildman–Crippen LogP) is 5.88. The summed E-state index contributed by atoms with van der Waals surface area (Å²) in [5, 5.41) is 4.70. The van der Waals surface area contributed by atoms with Crippen LogP contribution in [0.2, 0.25) is 5.04 Å². The lowest BCUT2D eigenvalue weighted by atomic mass is 10.2. The summed E-state index contributed by atoms with van der Waals surface area (Å²) in [6.07, 6.45) is 2.47. The van der Waals surface area contributed by atoms with Crippen molar-refractivity contribution >= 4 is 30.8 Å². The normalized spacial score (nSPS) is 13.3. The highest BCUT2D eigenvalue weighted by atomic mass is 28.4. The van der Waals surface area contributed by atoms with Crippen LogP contribution in [0, 0.1) is 0 Å². The Balaban J connectivity index is 1.88. The molecule has 3 rings (SSSR count). The van der Waals surface area contributed by atoms with Crippen LogP contribution >= 0.6 is 0 Å². The van der Waals surface area contributed by atoms with Crippen LogP contribution in [0.3, 0.4) is 0 Å². The standard InChI is InChI=1S/C33H39NO5Si/c1-25(23-30(31(35)37-6)34-32(36)38-24-27-16-10-7-11-17-27)22-26(2)39-40(33(3,4)5,28-18-12-8-13-19-28)29-20-14-9-15-21-29/h7-23,26H,24H2,1-6H3,(H,34,36)/b25-22+,30-23-/t26-/m1/s1. The molecule has 0 fully saturated rings. The van der Waals surface area contributed by atoms with Crippen LogP contribution in [-0.4, -0.2) is 33.6 Å². The van der Waals surface area contributed by atoms with E-state index in [-0.39, 0.29) is 23.4 Å². The molecule has 0 bridgehead atoms. The molecule has 0 unspecified atom stereocenters. The summed E-state index contributed by atoms with van der Waals surface area (Å²) in [6.45, 7) is 10.6. The number of carbonyl (C=O) groups excluding carboxylic acids is 2. The quantitative estimate of drug-likeness (QED) is 0.146. The Kier molecular flexibility index (Phi) is 10.6. The maximum Gasteiger partial charge on any atom is 0.412 e. The summed E-state index contributed by atoms with van der Waals surface area (Å²) in [5.74, 6) is -0.676. The molecule has 0 aliphatic carbocycles. The van der Waals surface area contributed by atoms with Gasteiger partial charge in [0.05, 0.1) is 13.2 Å². The van der Waals surface area contributed by atoms with Crippen molar-refractivity contribution in [2.24, 2.45) is 0 Å². The molecule has 1 N–H and O–H groups in total. The third-order valence-corrected chi connectivity index (χ3v) is 11.6. The minimum absolute atomic E-state index is 0.0213. The van der Waals surface area contributed by atoms with Crippen LogP contribution in [-0.2, 0) is 25.3 Å². The van der Waals surface area contributed by atoms with Crippen LogP contribution < -0.4 is 15.7 Å². The molecule has 1 atom stereocenters. The van der Waals surface area contributed by atoms with E-state index in [1.165, 1.54) is 17.5 Å². The second kappa shape index (κ2) is 13.9. The summed E-state index contributed by atoms with van der Waals surface area (Å²) in [5.41, 5.74) is 1.55. The second-order valence-electron chi connectivity index (χ2n) is 10.6. The average Bonchev–Trinajstić information content (AvgIpc) is 2.94. The predicted molar refractivity (Wildman–Crippen MR) is 162 cm³/mol. The average molecular weight is 558 g/mol. The number of carbonyl (C=O) groups is 2. The third-order valence-electron chi connectivity index (χ3n) is 6.50. The smallest absolute Gasteiger partial charge is 0.412 e. The fourth-order valence-electron chi connectivity index (χ4n) is 4.78. The molecule has 0 aliphatic heterocycles.